The van der Waals surface area contributed by atoms with Gasteiger partial charge in [-0.3, -0.25) is 9.59 Å². The minimum absolute atomic E-state index is 0.128. The number of nitrogens with one attached hydrogen (secondary N) is 1. The Morgan fingerprint density at radius 1 is 0.902 bits per heavy atom. The molecule has 0 radical (unpaired) electrons. The molecule has 0 atom stereocenters. The van der Waals surface area contributed by atoms with Gasteiger partial charge in [0.1, 0.15) is 0 Å². The number of hydrogen-bond acceptors (Lipinski definition) is 5. The Hall–Kier alpha value is -3.19. The van der Waals surface area contributed by atoms with E-state index in [1.165, 1.54) is 11.0 Å². The molecule has 2 fully saturated rings. The molecule has 0 spiro atoms. The van der Waals surface area contributed by atoms with Crippen LogP contribution < -0.4 is 5.32 Å². The molecule has 0 bridgehead atoms. The summed E-state index contributed by atoms with van der Waals surface area (Å²) in [5.41, 5.74) is -4.01. The maximum atomic E-state index is 14.3. The van der Waals surface area contributed by atoms with E-state index in [-0.39, 0.29) is 37.2 Å². The summed E-state index contributed by atoms with van der Waals surface area (Å²) < 4.78 is 90.6. The number of benzene rings is 2. The number of alkyl halides is 6. The van der Waals surface area contributed by atoms with Crippen LogP contribution in [-0.4, -0.2) is 54.2 Å². The van der Waals surface area contributed by atoms with Crippen LogP contribution in [0.5, 0.6) is 0 Å². The van der Waals surface area contributed by atoms with E-state index < -0.39 is 51.7 Å². The molecule has 1 heterocycles. The number of rotatable bonds is 7. The monoisotopic (exact) mass is 602 g/mol. The van der Waals surface area contributed by atoms with Gasteiger partial charge >= 0.3 is 18.3 Å². The first kappa shape index (κ1) is 30.8. The third-order valence-corrected chi connectivity index (χ3v) is 8.17. The Morgan fingerprint density at radius 3 is 2.15 bits per heavy atom. The zero-order chi connectivity index (χ0) is 29.8. The highest BCUT2D eigenvalue weighted by atomic mass is 32.2. The number of carboxylic acid groups (broad SMARTS) is 1. The number of amides is 1. The molecule has 1 saturated heterocycles. The van der Waals surface area contributed by atoms with Crippen molar-refractivity contribution in [2.24, 2.45) is 5.92 Å². The van der Waals surface area contributed by atoms with Gasteiger partial charge in [-0.15, -0.1) is 0 Å². The number of carbonyl (C=O) groups is 2. The highest BCUT2D eigenvalue weighted by Gasteiger charge is 2.46. The van der Waals surface area contributed by atoms with E-state index in [0.717, 1.165) is 24.3 Å². The Kier molecular flexibility index (Phi) is 9.58. The van der Waals surface area contributed by atoms with Crippen molar-refractivity contribution in [3.8, 4) is 0 Å². The fourth-order valence-electron chi connectivity index (χ4n) is 4.96. The molecule has 2 aromatic carbocycles. The first-order valence-corrected chi connectivity index (χ1v) is 13.8. The van der Waals surface area contributed by atoms with Gasteiger partial charge in [0.2, 0.25) is 5.91 Å². The number of morpholine rings is 1. The Bertz CT molecular complexity index is 1280. The number of halogens is 6. The quantitative estimate of drug-likeness (QED) is 0.268. The van der Waals surface area contributed by atoms with Crippen LogP contribution in [0.2, 0.25) is 0 Å². The molecule has 1 amide bonds. The van der Waals surface area contributed by atoms with E-state index >= 15 is 0 Å². The molecule has 2 aromatic rings. The highest BCUT2D eigenvalue weighted by Crippen LogP contribution is 2.49. The molecule has 2 aliphatic rings. The second-order valence-corrected chi connectivity index (χ2v) is 10.9. The fraction of sp³-hybridized carbons (Fsp3) is 0.429. The smallest absolute Gasteiger partial charge is 0.418 e. The van der Waals surface area contributed by atoms with E-state index in [9.17, 15) is 41.0 Å². The number of anilines is 1. The Morgan fingerprint density at radius 2 is 1.54 bits per heavy atom. The van der Waals surface area contributed by atoms with Gasteiger partial charge in [0.15, 0.2) is 0 Å². The van der Waals surface area contributed by atoms with Crippen molar-refractivity contribution < 1.29 is 45.8 Å². The summed E-state index contributed by atoms with van der Waals surface area (Å²) >= 11 is 0.558. The number of nitrogens with zero attached hydrogens (tertiary/aromatic N) is 1. The minimum atomic E-state index is -5.36. The van der Waals surface area contributed by atoms with Crippen molar-refractivity contribution in [2.45, 2.75) is 53.9 Å². The second-order valence-electron chi connectivity index (χ2n) is 9.80. The van der Waals surface area contributed by atoms with Crippen molar-refractivity contribution in [2.75, 3.05) is 31.6 Å². The van der Waals surface area contributed by atoms with Crippen molar-refractivity contribution in [3.05, 3.63) is 59.2 Å². The lowest BCUT2D eigenvalue weighted by Gasteiger charge is -2.28. The van der Waals surface area contributed by atoms with E-state index in [1.807, 2.05) is 0 Å². The van der Waals surface area contributed by atoms with Crippen LogP contribution in [0.25, 0.3) is 6.08 Å². The van der Waals surface area contributed by atoms with Crippen LogP contribution in [0.4, 0.5) is 32.0 Å². The summed E-state index contributed by atoms with van der Waals surface area (Å²) in [7, 11) is 0. The van der Waals surface area contributed by atoms with Crippen molar-refractivity contribution >= 4 is 35.4 Å². The fourth-order valence-corrected chi connectivity index (χ4v) is 6.04. The van der Waals surface area contributed by atoms with Gasteiger partial charge in [-0.05, 0) is 55.5 Å². The van der Waals surface area contributed by atoms with Crippen LogP contribution in [0.3, 0.4) is 0 Å². The third kappa shape index (κ3) is 7.76. The van der Waals surface area contributed by atoms with Gasteiger partial charge < -0.3 is 20.1 Å². The van der Waals surface area contributed by atoms with Gasteiger partial charge in [0.05, 0.1) is 30.3 Å². The van der Waals surface area contributed by atoms with E-state index in [2.05, 4.69) is 5.32 Å². The number of carboxylic acids is 1. The van der Waals surface area contributed by atoms with Crippen molar-refractivity contribution in [3.63, 3.8) is 0 Å². The van der Waals surface area contributed by atoms with Crippen LogP contribution in [0.15, 0.2) is 52.3 Å². The SMILES string of the molecule is O=C(O)C1CCC(Nc2ccccc2Sc2ccc(/C=C/C(=O)N3CCOCC3)c(C(F)(F)F)c2C(F)(F)F)CC1. The number of ether oxygens (including phenoxy) is 1. The molecular formula is C28H28F6N2O4S. The van der Waals surface area contributed by atoms with Crippen LogP contribution in [0.1, 0.15) is 42.4 Å². The zero-order valence-electron chi connectivity index (χ0n) is 21.7. The first-order valence-electron chi connectivity index (χ1n) is 13.0. The van der Waals surface area contributed by atoms with E-state index in [4.69, 9.17) is 4.74 Å². The molecule has 4 rings (SSSR count). The minimum Gasteiger partial charge on any atom is -0.481 e. The average molecular weight is 603 g/mol. The van der Waals surface area contributed by atoms with Gasteiger partial charge in [-0.2, -0.15) is 26.3 Å². The maximum Gasteiger partial charge on any atom is 0.418 e. The summed E-state index contributed by atoms with van der Waals surface area (Å²) in [6.07, 6.45) is -7.13. The Balaban J connectivity index is 1.65. The van der Waals surface area contributed by atoms with E-state index in [1.54, 1.807) is 18.2 Å². The first-order chi connectivity index (χ1) is 19.3. The summed E-state index contributed by atoms with van der Waals surface area (Å²) in [5.74, 6) is -1.95. The number of aliphatic carboxylic acids is 1. The van der Waals surface area contributed by atoms with Gasteiger partial charge in [0, 0.05) is 40.7 Å². The summed E-state index contributed by atoms with van der Waals surface area (Å²) in [6, 6.07) is 8.15. The molecule has 0 aromatic heterocycles. The third-order valence-electron chi connectivity index (χ3n) is 7.04. The zero-order valence-corrected chi connectivity index (χ0v) is 22.5. The molecule has 6 nitrogen and oxygen atoms in total. The topological polar surface area (TPSA) is 78.9 Å². The van der Waals surface area contributed by atoms with Crippen molar-refractivity contribution in [1.82, 2.24) is 4.90 Å². The molecule has 1 aliphatic carbocycles. The predicted octanol–water partition coefficient (Wildman–Crippen LogP) is 6.80. The number of hydrogen-bond donors (Lipinski definition) is 2. The molecule has 1 aliphatic heterocycles. The normalized spacial score (nSPS) is 20.3. The average Bonchev–Trinajstić information content (AvgIpc) is 2.92. The van der Waals surface area contributed by atoms with Gasteiger partial charge in [-0.25, -0.2) is 0 Å². The molecule has 41 heavy (non-hydrogen) atoms. The van der Waals surface area contributed by atoms with Crippen molar-refractivity contribution in [1.29, 1.82) is 0 Å². The second kappa shape index (κ2) is 12.8. The van der Waals surface area contributed by atoms with Crippen LogP contribution >= 0.6 is 11.8 Å². The largest absolute Gasteiger partial charge is 0.481 e. The predicted molar refractivity (Wildman–Crippen MR) is 140 cm³/mol. The molecule has 2 N–H and O–H groups in total. The molecule has 1 saturated carbocycles. The maximum absolute atomic E-state index is 14.3. The number of carbonyl (C=O) groups excluding carboxylic acids is 1. The Labute approximate surface area is 236 Å². The summed E-state index contributed by atoms with van der Waals surface area (Å²) in [5, 5.41) is 12.4. The standard InChI is InChI=1S/C28H28F6N2O4S/c29-27(30,31)24-17(8-12-23(37)36-13-15-40-16-14-36)7-11-22(25(24)28(32,33)34)41-21-4-2-1-3-20(21)35-19-9-5-18(6-10-19)26(38)39/h1-4,7-8,11-12,18-19,35H,5-6,9-10,13-16H2,(H,38,39)/b12-8+. The summed E-state index contributed by atoms with van der Waals surface area (Å²) in [4.78, 5) is 24.7. The van der Waals surface area contributed by atoms with Gasteiger partial charge in [0.25, 0.3) is 0 Å². The summed E-state index contributed by atoms with van der Waals surface area (Å²) in [6.45, 7) is 0.981. The number of para-hydroxylation sites is 1. The lowest BCUT2D eigenvalue weighted by Crippen LogP contribution is -2.39. The molecule has 222 valence electrons. The molecular weight excluding hydrogens is 574 g/mol. The lowest BCUT2D eigenvalue weighted by molar-refractivity contribution is -0.163. The van der Waals surface area contributed by atoms with Crippen LogP contribution in [0, 0.1) is 5.92 Å². The molecule has 0 unspecified atom stereocenters. The van der Waals surface area contributed by atoms with Crippen LogP contribution in [-0.2, 0) is 26.7 Å². The highest BCUT2D eigenvalue weighted by molar-refractivity contribution is 7.99. The molecule has 13 heteroatoms. The lowest BCUT2D eigenvalue weighted by atomic mass is 9.86. The van der Waals surface area contributed by atoms with Gasteiger partial charge in [-0.1, -0.05) is 30.0 Å². The van der Waals surface area contributed by atoms with E-state index in [0.29, 0.717) is 43.1 Å².